The highest BCUT2D eigenvalue weighted by Gasteiger charge is 2.33. The summed E-state index contributed by atoms with van der Waals surface area (Å²) in [6.07, 6.45) is 5.56. The van der Waals surface area contributed by atoms with E-state index in [9.17, 15) is 19.1 Å². The van der Waals surface area contributed by atoms with Crippen LogP contribution >= 0.6 is 0 Å². The highest BCUT2D eigenvalue weighted by Crippen LogP contribution is 2.44. The van der Waals surface area contributed by atoms with Crippen molar-refractivity contribution in [2.45, 2.75) is 58.0 Å². The summed E-state index contributed by atoms with van der Waals surface area (Å²) in [7, 11) is 0. The van der Waals surface area contributed by atoms with Crippen LogP contribution in [0.3, 0.4) is 0 Å². The molecule has 2 N–H and O–H groups in total. The van der Waals surface area contributed by atoms with Crippen molar-refractivity contribution in [2.24, 2.45) is 0 Å². The summed E-state index contributed by atoms with van der Waals surface area (Å²) < 4.78 is 26.9. The number of carbonyl (C=O) groups excluding carboxylic acids is 2. The Morgan fingerprint density at radius 1 is 1.14 bits per heavy atom. The maximum absolute atomic E-state index is 13.6. The van der Waals surface area contributed by atoms with Gasteiger partial charge in [-0.15, -0.1) is 0 Å². The molecule has 0 saturated carbocycles. The van der Waals surface area contributed by atoms with E-state index in [1.165, 1.54) is 24.0 Å². The lowest BCUT2D eigenvalue weighted by atomic mass is 9.95. The van der Waals surface area contributed by atoms with Crippen molar-refractivity contribution in [2.75, 3.05) is 6.61 Å². The third kappa shape index (κ3) is 4.82. The molecular weight excluding hydrogens is 561 g/mol. The number of aromatic nitrogens is 2. The molecule has 44 heavy (non-hydrogen) atoms. The van der Waals surface area contributed by atoms with Crippen LogP contribution in [-0.4, -0.2) is 33.1 Å². The fourth-order valence-electron chi connectivity index (χ4n) is 6.65. The Morgan fingerprint density at radius 3 is 2.77 bits per heavy atom. The second kappa shape index (κ2) is 11.3. The Bertz CT molecular complexity index is 1910. The largest absolute Gasteiger partial charge is 0.494 e. The number of benzene rings is 2. The number of ether oxygens (including phenoxy) is 1. The molecule has 1 aliphatic heterocycles. The number of furan rings is 1. The maximum atomic E-state index is 13.6. The molecule has 4 heterocycles. The molecule has 7 rings (SSSR count). The Balaban J connectivity index is 1.32. The van der Waals surface area contributed by atoms with Gasteiger partial charge in [-0.2, -0.15) is 0 Å². The van der Waals surface area contributed by atoms with Crippen LogP contribution in [-0.2, 0) is 37.0 Å². The van der Waals surface area contributed by atoms with Gasteiger partial charge in [0.15, 0.2) is 0 Å². The molecular formula is C35H32FN3O5. The minimum Gasteiger partial charge on any atom is -0.494 e. The van der Waals surface area contributed by atoms with Crippen molar-refractivity contribution in [1.29, 1.82) is 0 Å². The van der Waals surface area contributed by atoms with Gasteiger partial charge in [-0.05, 0) is 80.3 Å². The van der Waals surface area contributed by atoms with Gasteiger partial charge in [-0.3, -0.25) is 4.79 Å². The van der Waals surface area contributed by atoms with E-state index in [2.05, 4.69) is 11.4 Å². The molecule has 0 fully saturated rings. The number of aromatic hydroxyl groups is 1. The number of carbonyl (C=O) groups is 2. The summed E-state index contributed by atoms with van der Waals surface area (Å²) >= 11 is 0. The molecule has 5 aromatic rings. The zero-order valence-electron chi connectivity index (χ0n) is 24.4. The first-order valence-corrected chi connectivity index (χ1v) is 15.1. The smallest absolute Gasteiger partial charge is 0.340 e. The minimum atomic E-state index is -0.596. The highest BCUT2D eigenvalue weighted by atomic mass is 19.1. The van der Waals surface area contributed by atoms with E-state index in [1.807, 2.05) is 22.8 Å². The predicted molar refractivity (Wildman–Crippen MR) is 162 cm³/mol. The van der Waals surface area contributed by atoms with E-state index >= 15 is 0 Å². The van der Waals surface area contributed by atoms with Crippen molar-refractivity contribution in [3.8, 4) is 17.2 Å². The minimum absolute atomic E-state index is 0.00981. The topological polar surface area (TPSA) is 107 Å². The van der Waals surface area contributed by atoms with Crippen LogP contribution in [0, 0.1) is 5.82 Å². The summed E-state index contributed by atoms with van der Waals surface area (Å²) in [6.45, 7) is 2.49. The number of pyridine rings is 1. The van der Waals surface area contributed by atoms with Gasteiger partial charge in [-0.25, -0.2) is 14.2 Å². The van der Waals surface area contributed by atoms with E-state index in [0.717, 1.165) is 42.5 Å². The molecule has 3 aromatic heterocycles. The third-order valence-electron chi connectivity index (χ3n) is 8.74. The standard InChI is InChI=1S/C35H32FN3O5/c1-2-43-35(42)29-26(15-11-20-9-13-23(36)14-10-20)37-32-27-8-5-17-39(27)34(41)31(32)30(29)28-18-22(19-44-28)33(40)38-25-16-12-21-6-3-4-7-24(21)25/h3-4,6-7,9-10,13-14,18-19,25,41H,2,5,8,11-12,15-17H2,1H3,(H,38,40). The zero-order chi connectivity index (χ0) is 30.4. The molecule has 0 saturated heterocycles. The lowest BCUT2D eigenvalue weighted by molar-refractivity contribution is 0.0525. The molecule has 2 aliphatic rings. The molecule has 1 aliphatic carbocycles. The first kappa shape index (κ1) is 27.9. The van der Waals surface area contributed by atoms with Crippen LogP contribution in [0.1, 0.15) is 74.6 Å². The number of hydrogen-bond acceptors (Lipinski definition) is 6. The number of amides is 1. The van der Waals surface area contributed by atoms with Gasteiger partial charge in [0.2, 0.25) is 5.88 Å². The van der Waals surface area contributed by atoms with Gasteiger partial charge in [0.25, 0.3) is 5.91 Å². The molecule has 224 valence electrons. The Morgan fingerprint density at radius 2 is 1.95 bits per heavy atom. The van der Waals surface area contributed by atoms with Gasteiger partial charge in [-0.1, -0.05) is 36.4 Å². The van der Waals surface area contributed by atoms with Gasteiger partial charge in [0, 0.05) is 17.8 Å². The van der Waals surface area contributed by atoms with Crippen LogP contribution in [0.4, 0.5) is 4.39 Å². The van der Waals surface area contributed by atoms with Crippen molar-refractivity contribution in [1.82, 2.24) is 14.9 Å². The van der Waals surface area contributed by atoms with Gasteiger partial charge in [0.05, 0.1) is 40.4 Å². The summed E-state index contributed by atoms with van der Waals surface area (Å²) in [6, 6.07) is 15.8. The number of rotatable bonds is 8. The zero-order valence-corrected chi connectivity index (χ0v) is 24.4. The van der Waals surface area contributed by atoms with E-state index in [1.54, 1.807) is 25.1 Å². The Labute approximate surface area is 253 Å². The van der Waals surface area contributed by atoms with Crippen molar-refractivity contribution in [3.05, 3.63) is 106 Å². The first-order chi connectivity index (χ1) is 21.4. The van der Waals surface area contributed by atoms with Crippen LogP contribution in [0.2, 0.25) is 0 Å². The summed E-state index contributed by atoms with van der Waals surface area (Å²) in [4.78, 5) is 32.0. The highest BCUT2D eigenvalue weighted by molar-refractivity contribution is 6.10. The van der Waals surface area contributed by atoms with Gasteiger partial charge < -0.3 is 24.1 Å². The van der Waals surface area contributed by atoms with Crippen LogP contribution in [0.15, 0.2) is 65.3 Å². The third-order valence-corrected chi connectivity index (χ3v) is 8.74. The van der Waals surface area contributed by atoms with Crippen LogP contribution in [0.5, 0.6) is 5.88 Å². The molecule has 1 atom stereocenters. The predicted octanol–water partition coefficient (Wildman–Crippen LogP) is 6.47. The molecule has 1 amide bonds. The van der Waals surface area contributed by atoms with Crippen molar-refractivity contribution < 1.29 is 28.2 Å². The second-order valence-corrected chi connectivity index (χ2v) is 11.4. The average molecular weight is 594 g/mol. The fraction of sp³-hybridized carbons (Fsp3) is 0.286. The number of nitrogens with zero attached hydrogens (tertiary/aromatic N) is 2. The first-order valence-electron chi connectivity index (χ1n) is 15.1. The van der Waals surface area contributed by atoms with E-state index in [4.69, 9.17) is 14.1 Å². The van der Waals surface area contributed by atoms with Gasteiger partial charge >= 0.3 is 5.97 Å². The van der Waals surface area contributed by atoms with E-state index < -0.39 is 5.97 Å². The number of aryl methyl sites for hydroxylation is 4. The molecule has 9 heteroatoms. The van der Waals surface area contributed by atoms with Crippen molar-refractivity contribution in [3.63, 3.8) is 0 Å². The second-order valence-electron chi connectivity index (χ2n) is 11.4. The molecule has 1 unspecified atom stereocenters. The van der Waals surface area contributed by atoms with Gasteiger partial charge in [0.1, 0.15) is 17.8 Å². The van der Waals surface area contributed by atoms with E-state index in [0.29, 0.717) is 47.1 Å². The number of esters is 1. The molecule has 0 bridgehead atoms. The monoisotopic (exact) mass is 593 g/mol. The lowest BCUT2D eigenvalue weighted by Gasteiger charge is -2.15. The number of fused-ring (bicyclic) bond motifs is 4. The van der Waals surface area contributed by atoms with Crippen LogP contribution < -0.4 is 5.32 Å². The molecule has 2 aromatic carbocycles. The molecule has 8 nitrogen and oxygen atoms in total. The molecule has 0 spiro atoms. The fourth-order valence-corrected chi connectivity index (χ4v) is 6.65. The van der Waals surface area contributed by atoms with Crippen molar-refractivity contribution >= 4 is 22.8 Å². The summed E-state index contributed by atoms with van der Waals surface area (Å²) in [5, 5.41) is 15.0. The Hall–Kier alpha value is -4.92. The quantitative estimate of drug-likeness (QED) is 0.200. The van der Waals surface area contributed by atoms with E-state index in [-0.39, 0.29) is 41.6 Å². The SMILES string of the molecule is CCOC(=O)c1c(CCc2ccc(F)cc2)nc2c3n(c(O)c2c1-c1cc(C(=O)NC2CCc4ccccc42)co1)CCC3. The van der Waals surface area contributed by atoms with Crippen LogP contribution in [0.25, 0.3) is 22.2 Å². The number of halogens is 1. The Kier molecular flexibility index (Phi) is 7.16. The number of nitrogens with one attached hydrogen (secondary N) is 1. The maximum Gasteiger partial charge on any atom is 0.340 e. The lowest BCUT2D eigenvalue weighted by Crippen LogP contribution is -2.26. The average Bonchev–Trinajstić information content (AvgIpc) is 3.83. The summed E-state index contributed by atoms with van der Waals surface area (Å²) in [5.74, 6) is -0.931. The summed E-state index contributed by atoms with van der Waals surface area (Å²) in [5.41, 5.74) is 6.06. The number of hydrogen-bond donors (Lipinski definition) is 2. The normalized spacial score (nSPS) is 15.4. The molecule has 0 radical (unpaired) electrons.